The first-order valence-electron chi connectivity index (χ1n) is 4.63. The third-order valence-electron chi connectivity index (χ3n) is 1.97. The Kier molecular flexibility index (Phi) is 3.57. The van der Waals surface area contributed by atoms with Crippen LogP contribution in [-0.2, 0) is 0 Å². The summed E-state index contributed by atoms with van der Waals surface area (Å²) in [4.78, 5) is 8.11. The molecular weight excluding hydrogens is 304 g/mol. The van der Waals surface area contributed by atoms with E-state index in [9.17, 15) is 0 Å². The van der Waals surface area contributed by atoms with Crippen LogP contribution in [0.15, 0.2) is 35.1 Å². The van der Waals surface area contributed by atoms with Crippen LogP contribution in [0.25, 0.3) is 0 Å². The molecule has 0 aliphatic heterocycles. The molecule has 0 spiro atoms. The molecule has 0 atom stereocenters. The third-order valence-corrected chi connectivity index (χ3v) is 2.61. The zero-order valence-corrected chi connectivity index (χ0v) is 10.8. The Morgan fingerprint density at radius 3 is 2.65 bits per heavy atom. The van der Waals surface area contributed by atoms with Crippen molar-refractivity contribution in [2.24, 2.45) is 0 Å². The fraction of sp³-hybridized carbons (Fsp3) is 0. The second-order valence-corrected chi connectivity index (χ2v) is 4.50. The van der Waals surface area contributed by atoms with Crippen molar-refractivity contribution in [2.75, 3.05) is 5.32 Å². The van der Waals surface area contributed by atoms with Gasteiger partial charge in [0.2, 0.25) is 5.95 Å². The normalized spacial score (nSPS) is 9.71. The second kappa shape index (κ2) is 5.13. The summed E-state index contributed by atoms with van der Waals surface area (Å²) in [7, 11) is 0. The van der Waals surface area contributed by atoms with E-state index in [-0.39, 0.29) is 0 Å². The van der Waals surface area contributed by atoms with Gasteiger partial charge in [0.1, 0.15) is 6.07 Å². The van der Waals surface area contributed by atoms with Crippen LogP contribution in [-0.4, -0.2) is 9.97 Å². The number of rotatable bonds is 2. The van der Waals surface area contributed by atoms with Crippen LogP contribution in [0.2, 0.25) is 5.02 Å². The summed E-state index contributed by atoms with van der Waals surface area (Å²) < 4.78 is 0.787. The average molecular weight is 310 g/mol. The maximum Gasteiger partial charge on any atom is 0.227 e. The molecule has 6 heteroatoms. The topological polar surface area (TPSA) is 61.6 Å². The van der Waals surface area contributed by atoms with E-state index in [1.54, 1.807) is 30.6 Å². The van der Waals surface area contributed by atoms with E-state index in [1.807, 2.05) is 0 Å². The zero-order valence-electron chi connectivity index (χ0n) is 8.48. The number of hydrogen-bond donors (Lipinski definition) is 1. The molecule has 2 rings (SSSR count). The largest absolute Gasteiger partial charge is 0.323 e. The summed E-state index contributed by atoms with van der Waals surface area (Å²) >= 11 is 9.11. The molecule has 0 saturated heterocycles. The van der Waals surface area contributed by atoms with E-state index in [0.717, 1.165) is 4.47 Å². The number of aromatic nitrogens is 2. The van der Waals surface area contributed by atoms with Gasteiger partial charge in [-0.2, -0.15) is 5.26 Å². The minimum Gasteiger partial charge on any atom is -0.323 e. The molecule has 0 bridgehead atoms. The predicted molar refractivity (Wildman–Crippen MR) is 69.2 cm³/mol. The van der Waals surface area contributed by atoms with Crippen LogP contribution in [0.5, 0.6) is 0 Å². The van der Waals surface area contributed by atoms with Crippen LogP contribution in [0.1, 0.15) is 5.56 Å². The van der Waals surface area contributed by atoms with Crippen LogP contribution >= 0.6 is 27.5 Å². The van der Waals surface area contributed by atoms with E-state index < -0.39 is 0 Å². The Morgan fingerprint density at radius 1 is 1.29 bits per heavy atom. The molecule has 0 saturated carbocycles. The smallest absolute Gasteiger partial charge is 0.227 e. The zero-order chi connectivity index (χ0) is 12.3. The quantitative estimate of drug-likeness (QED) is 0.922. The summed E-state index contributed by atoms with van der Waals surface area (Å²) in [6, 6.07) is 7.03. The van der Waals surface area contributed by atoms with Crippen molar-refractivity contribution < 1.29 is 0 Å². The fourth-order valence-corrected chi connectivity index (χ4v) is 1.59. The van der Waals surface area contributed by atoms with Gasteiger partial charge in [-0.05, 0) is 34.1 Å². The highest BCUT2D eigenvalue weighted by molar-refractivity contribution is 9.10. The summed E-state index contributed by atoms with van der Waals surface area (Å²) in [5.74, 6) is 0.409. The van der Waals surface area contributed by atoms with Crippen molar-refractivity contribution in [1.82, 2.24) is 9.97 Å². The first-order valence-corrected chi connectivity index (χ1v) is 5.80. The highest BCUT2D eigenvalue weighted by atomic mass is 79.9. The second-order valence-electron chi connectivity index (χ2n) is 3.15. The van der Waals surface area contributed by atoms with Crippen molar-refractivity contribution in [1.29, 1.82) is 5.26 Å². The maximum absolute atomic E-state index is 8.95. The van der Waals surface area contributed by atoms with E-state index in [2.05, 4.69) is 37.3 Å². The lowest BCUT2D eigenvalue weighted by atomic mass is 10.2. The lowest BCUT2D eigenvalue weighted by Gasteiger charge is -2.06. The number of hydrogen-bond acceptors (Lipinski definition) is 4. The van der Waals surface area contributed by atoms with Crippen LogP contribution in [0.3, 0.4) is 0 Å². The summed E-state index contributed by atoms with van der Waals surface area (Å²) in [6.07, 6.45) is 3.23. The first-order chi connectivity index (χ1) is 8.19. The summed E-state index contributed by atoms with van der Waals surface area (Å²) in [5, 5.41) is 12.4. The Bertz CT molecular complexity index is 577. The monoisotopic (exact) mass is 308 g/mol. The number of nitrogens with zero attached hydrogens (tertiary/aromatic N) is 3. The SMILES string of the molecule is N#Cc1ccc(Cl)cc1Nc1ncc(Br)cn1. The Hall–Kier alpha value is -1.64. The molecule has 0 fully saturated rings. The highest BCUT2D eigenvalue weighted by Crippen LogP contribution is 2.22. The van der Waals surface area contributed by atoms with E-state index in [1.165, 1.54) is 0 Å². The van der Waals surface area contributed by atoms with Gasteiger partial charge in [-0.15, -0.1) is 0 Å². The molecule has 84 valence electrons. The lowest BCUT2D eigenvalue weighted by molar-refractivity contribution is 1.15. The molecule has 1 heterocycles. The molecule has 0 radical (unpaired) electrons. The summed E-state index contributed by atoms with van der Waals surface area (Å²) in [6.45, 7) is 0. The number of benzene rings is 1. The van der Waals surface area contributed by atoms with E-state index in [4.69, 9.17) is 16.9 Å². The average Bonchev–Trinajstić information content (AvgIpc) is 2.32. The van der Waals surface area contributed by atoms with Gasteiger partial charge in [-0.3, -0.25) is 0 Å². The molecule has 1 aromatic carbocycles. The molecule has 0 aliphatic rings. The van der Waals surface area contributed by atoms with Crippen molar-refractivity contribution in [3.05, 3.63) is 45.7 Å². The maximum atomic E-state index is 8.95. The Balaban J connectivity index is 2.32. The number of nitriles is 1. The standard InChI is InChI=1S/C11H6BrClN4/c12-8-5-15-11(16-6-8)17-10-3-9(13)2-1-7(10)4-14/h1-3,5-6H,(H,15,16,17). The Labute approximate surface area is 111 Å². The van der Waals surface area contributed by atoms with Crippen molar-refractivity contribution in [3.8, 4) is 6.07 Å². The van der Waals surface area contributed by atoms with Gasteiger partial charge in [0.25, 0.3) is 0 Å². The van der Waals surface area contributed by atoms with Gasteiger partial charge in [-0.25, -0.2) is 9.97 Å². The number of nitrogens with one attached hydrogen (secondary N) is 1. The molecular formula is C11H6BrClN4. The van der Waals surface area contributed by atoms with Crippen LogP contribution < -0.4 is 5.32 Å². The minimum atomic E-state index is 0.409. The van der Waals surface area contributed by atoms with Gasteiger partial charge in [-0.1, -0.05) is 11.6 Å². The van der Waals surface area contributed by atoms with Gasteiger partial charge in [0, 0.05) is 17.4 Å². The molecule has 0 unspecified atom stereocenters. The van der Waals surface area contributed by atoms with Crippen LogP contribution in [0.4, 0.5) is 11.6 Å². The van der Waals surface area contributed by atoms with E-state index >= 15 is 0 Å². The van der Waals surface area contributed by atoms with Crippen LogP contribution in [0, 0.1) is 11.3 Å². The van der Waals surface area contributed by atoms with Crippen molar-refractivity contribution in [2.45, 2.75) is 0 Å². The fourth-order valence-electron chi connectivity index (χ4n) is 1.21. The predicted octanol–water partition coefficient (Wildman–Crippen LogP) is 3.51. The third kappa shape index (κ3) is 2.93. The molecule has 1 aromatic heterocycles. The molecule has 0 aliphatic carbocycles. The van der Waals surface area contributed by atoms with Gasteiger partial charge < -0.3 is 5.32 Å². The molecule has 4 nitrogen and oxygen atoms in total. The van der Waals surface area contributed by atoms with Gasteiger partial charge in [0.15, 0.2) is 0 Å². The minimum absolute atomic E-state index is 0.409. The van der Waals surface area contributed by atoms with Gasteiger partial charge >= 0.3 is 0 Å². The van der Waals surface area contributed by atoms with Crippen molar-refractivity contribution in [3.63, 3.8) is 0 Å². The Morgan fingerprint density at radius 2 is 2.00 bits per heavy atom. The van der Waals surface area contributed by atoms with E-state index in [0.29, 0.717) is 22.2 Å². The molecule has 1 N–H and O–H groups in total. The first kappa shape index (κ1) is 11.8. The summed E-state index contributed by atoms with van der Waals surface area (Å²) in [5.41, 5.74) is 1.07. The molecule has 17 heavy (non-hydrogen) atoms. The number of anilines is 2. The molecule has 0 amide bonds. The molecule has 2 aromatic rings. The van der Waals surface area contributed by atoms with Gasteiger partial charge in [0.05, 0.1) is 15.7 Å². The lowest BCUT2D eigenvalue weighted by Crippen LogP contribution is -1.98. The number of halogens is 2. The van der Waals surface area contributed by atoms with Crippen molar-refractivity contribution >= 4 is 39.2 Å². The highest BCUT2D eigenvalue weighted by Gasteiger charge is 2.04.